The Kier molecular flexibility index (Phi) is 6.60. The van der Waals surface area contributed by atoms with Crippen LogP contribution in [0.15, 0.2) is 48.8 Å². The first kappa shape index (κ1) is 20.9. The van der Waals surface area contributed by atoms with Crippen molar-refractivity contribution in [3.8, 4) is 0 Å². The molecule has 0 atom stereocenters. The number of hydrogen-bond acceptors (Lipinski definition) is 5. The summed E-state index contributed by atoms with van der Waals surface area (Å²) >= 11 is 0. The van der Waals surface area contributed by atoms with Crippen molar-refractivity contribution in [2.24, 2.45) is 5.92 Å². The molecule has 1 aromatic carbocycles. The molecule has 1 saturated heterocycles. The smallest absolute Gasteiger partial charge is 0.255 e. The number of nitrogens with one attached hydrogen (secondary N) is 2. The van der Waals surface area contributed by atoms with Crippen LogP contribution < -0.4 is 10.6 Å². The molecule has 1 fully saturated rings. The molecule has 0 spiro atoms. The molecule has 0 radical (unpaired) electrons. The Balaban J connectivity index is 1.59. The Morgan fingerprint density at radius 3 is 2.41 bits per heavy atom. The van der Waals surface area contributed by atoms with Gasteiger partial charge in [0.25, 0.3) is 5.91 Å². The van der Waals surface area contributed by atoms with Crippen molar-refractivity contribution >= 4 is 33.2 Å². The number of pyridine rings is 1. The minimum absolute atomic E-state index is 0.0677. The van der Waals surface area contributed by atoms with Gasteiger partial charge in [-0.3, -0.25) is 14.6 Å². The van der Waals surface area contributed by atoms with Gasteiger partial charge in [0.1, 0.15) is 0 Å². The topological polar surface area (TPSA) is 108 Å². The lowest BCUT2D eigenvalue weighted by Crippen LogP contribution is -2.42. The summed E-state index contributed by atoms with van der Waals surface area (Å²) in [5.41, 5.74) is 1.58. The van der Waals surface area contributed by atoms with Gasteiger partial charge in [-0.25, -0.2) is 12.7 Å². The first-order valence-corrected chi connectivity index (χ1v) is 11.1. The van der Waals surface area contributed by atoms with Crippen LogP contribution in [0.25, 0.3) is 0 Å². The standard InChI is InChI=1S/C20H24N4O4S/c1-2-29(27,28)24-12-8-15(9-13-24)19(25)23-18-5-3-4-16(14-18)20(26)22-17-6-10-21-11-7-17/h3-7,10-11,14-15H,2,8-9,12-13H2,1H3,(H,23,25)(H,21,22,26). The van der Waals surface area contributed by atoms with Gasteiger partial charge in [0, 0.05) is 48.3 Å². The SMILES string of the molecule is CCS(=O)(=O)N1CCC(C(=O)Nc2cccc(C(=O)Nc3ccncc3)c2)CC1. The predicted octanol–water partition coefficient (Wildman–Crippen LogP) is 2.33. The molecule has 29 heavy (non-hydrogen) atoms. The molecule has 2 N–H and O–H groups in total. The fourth-order valence-corrected chi connectivity index (χ4v) is 4.33. The van der Waals surface area contributed by atoms with Crippen molar-refractivity contribution in [3.63, 3.8) is 0 Å². The summed E-state index contributed by atoms with van der Waals surface area (Å²) in [7, 11) is -3.22. The number of nitrogens with zero attached hydrogens (tertiary/aromatic N) is 2. The molecule has 1 aliphatic heterocycles. The molecule has 2 amide bonds. The van der Waals surface area contributed by atoms with Crippen molar-refractivity contribution in [3.05, 3.63) is 54.4 Å². The maximum absolute atomic E-state index is 12.6. The third kappa shape index (κ3) is 5.39. The van der Waals surface area contributed by atoms with Crippen LogP contribution in [0.4, 0.5) is 11.4 Å². The van der Waals surface area contributed by atoms with Gasteiger partial charge in [-0.15, -0.1) is 0 Å². The van der Waals surface area contributed by atoms with Crippen LogP contribution in [-0.2, 0) is 14.8 Å². The van der Waals surface area contributed by atoms with E-state index in [2.05, 4.69) is 15.6 Å². The summed E-state index contributed by atoms with van der Waals surface area (Å²) in [6.07, 6.45) is 4.13. The molecule has 154 valence electrons. The predicted molar refractivity (Wildman–Crippen MR) is 111 cm³/mol. The van der Waals surface area contributed by atoms with E-state index in [-0.39, 0.29) is 23.5 Å². The second-order valence-electron chi connectivity index (χ2n) is 6.83. The van der Waals surface area contributed by atoms with Gasteiger partial charge in [0.2, 0.25) is 15.9 Å². The van der Waals surface area contributed by atoms with Crippen LogP contribution in [0.3, 0.4) is 0 Å². The fourth-order valence-electron chi connectivity index (χ4n) is 3.20. The lowest BCUT2D eigenvalue weighted by atomic mass is 9.97. The first-order valence-electron chi connectivity index (χ1n) is 9.49. The van der Waals surface area contributed by atoms with Crippen molar-refractivity contribution < 1.29 is 18.0 Å². The van der Waals surface area contributed by atoms with Crippen LogP contribution in [0.5, 0.6) is 0 Å². The van der Waals surface area contributed by atoms with E-state index in [1.54, 1.807) is 55.7 Å². The van der Waals surface area contributed by atoms with Gasteiger partial charge >= 0.3 is 0 Å². The third-order valence-corrected chi connectivity index (χ3v) is 6.79. The number of anilines is 2. The molecule has 1 aliphatic rings. The van der Waals surface area contributed by atoms with E-state index in [4.69, 9.17) is 0 Å². The number of carbonyl (C=O) groups is 2. The maximum atomic E-state index is 12.6. The van der Waals surface area contributed by atoms with Crippen LogP contribution >= 0.6 is 0 Å². The molecule has 0 bridgehead atoms. The lowest BCUT2D eigenvalue weighted by Gasteiger charge is -2.30. The summed E-state index contributed by atoms with van der Waals surface area (Å²) in [5, 5.41) is 5.61. The van der Waals surface area contributed by atoms with E-state index in [9.17, 15) is 18.0 Å². The quantitative estimate of drug-likeness (QED) is 0.751. The summed E-state index contributed by atoms with van der Waals surface area (Å²) in [6, 6.07) is 10.1. The highest BCUT2D eigenvalue weighted by Crippen LogP contribution is 2.22. The highest BCUT2D eigenvalue weighted by atomic mass is 32.2. The minimum Gasteiger partial charge on any atom is -0.326 e. The Bertz CT molecular complexity index is 971. The van der Waals surface area contributed by atoms with E-state index in [0.717, 1.165) is 0 Å². The number of sulfonamides is 1. The number of benzene rings is 1. The second-order valence-corrected chi connectivity index (χ2v) is 9.09. The maximum Gasteiger partial charge on any atom is 0.255 e. The molecule has 3 rings (SSSR count). The Morgan fingerprint density at radius 1 is 1.07 bits per heavy atom. The zero-order valence-electron chi connectivity index (χ0n) is 16.2. The summed E-state index contributed by atoms with van der Waals surface area (Å²) < 4.78 is 25.3. The van der Waals surface area contributed by atoms with Gasteiger partial charge in [0.15, 0.2) is 0 Å². The number of amides is 2. The van der Waals surface area contributed by atoms with Gasteiger partial charge in [0.05, 0.1) is 5.75 Å². The average Bonchev–Trinajstić information content (AvgIpc) is 2.74. The Morgan fingerprint density at radius 2 is 1.76 bits per heavy atom. The molecular weight excluding hydrogens is 392 g/mol. The lowest BCUT2D eigenvalue weighted by molar-refractivity contribution is -0.120. The van der Waals surface area contributed by atoms with Crippen molar-refractivity contribution in [1.29, 1.82) is 0 Å². The number of carbonyl (C=O) groups excluding carboxylic acids is 2. The normalized spacial score (nSPS) is 15.6. The van der Waals surface area contributed by atoms with Crippen molar-refractivity contribution in [2.45, 2.75) is 19.8 Å². The minimum atomic E-state index is -3.22. The van der Waals surface area contributed by atoms with Crippen LogP contribution in [0, 0.1) is 5.92 Å². The van der Waals surface area contributed by atoms with Crippen LogP contribution in [0.2, 0.25) is 0 Å². The zero-order valence-corrected chi connectivity index (χ0v) is 17.0. The molecule has 0 aliphatic carbocycles. The number of piperidine rings is 1. The van der Waals surface area contributed by atoms with E-state index in [1.807, 2.05) is 0 Å². The highest BCUT2D eigenvalue weighted by molar-refractivity contribution is 7.89. The highest BCUT2D eigenvalue weighted by Gasteiger charge is 2.30. The number of hydrogen-bond donors (Lipinski definition) is 2. The summed E-state index contributed by atoms with van der Waals surface area (Å²) in [5.74, 6) is -0.638. The van der Waals surface area contributed by atoms with Gasteiger partial charge in [-0.2, -0.15) is 0 Å². The van der Waals surface area contributed by atoms with Crippen LogP contribution in [-0.4, -0.2) is 48.4 Å². The van der Waals surface area contributed by atoms with E-state index < -0.39 is 10.0 Å². The van der Waals surface area contributed by atoms with Crippen molar-refractivity contribution in [2.75, 3.05) is 29.5 Å². The fraction of sp³-hybridized carbons (Fsp3) is 0.350. The molecule has 0 saturated carbocycles. The van der Waals surface area contributed by atoms with Crippen molar-refractivity contribution in [1.82, 2.24) is 9.29 Å². The molecule has 2 heterocycles. The van der Waals surface area contributed by atoms with E-state index in [0.29, 0.717) is 42.9 Å². The molecule has 9 heteroatoms. The Hall–Kier alpha value is -2.78. The molecule has 8 nitrogen and oxygen atoms in total. The monoisotopic (exact) mass is 416 g/mol. The Labute approximate surface area is 170 Å². The molecule has 1 aromatic heterocycles. The zero-order chi connectivity index (χ0) is 20.9. The molecule has 2 aromatic rings. The molecular formula is C20H24N4O4S. The van der Waals surface area contributed by atoms with Gasteiger partial charge in [-0.05, 0) is 50.1 Å². The van der Waals surface area contributed by atoms with E-state index in [1.165, 1.54) is 4.31 Å². The van der Waals surface area contributed by atoms with Gasteiger partial charge in [-0.1, -0.05) is 6.07 Å². The first-order chi connectivity index (χ1) is 13.9. The van der Waals surface area contributed by atoms with E-state index >= 15 is 0 Å². The van der Waals surface area contributed by atoms with Crippen LogP contribution in [0.1, 0.15) is 30.1 Å². The number of aromatic nitrogens is 1. The summed E-state index contributed by atoms with van der Waals surface area (Å²) in [6.45, 7) is 2.32. The number of rotatable bonds is 6. The third-order valence-electron chi connectivity index (χ3n) is 4.91. The largest absolute Gasteiger partial charge is 0.326 e. The molecule has 0 unspecified atom stereocenters. The van der Waals surface area contributed by atoms with Gasteiger partial charge < -0.3 is 10.6 Å². The summed E-state index contributed by atoms with van der Waals surface area (Å²) in [4.78, 5) is 28.9. The average molecular weight is 417 g/mol. The second kappa shape index (κ2) is 9.15.